The van der Waals surface area contributed by atoms with Crippen LogP contribution in [0.15, 0.2) is 140 Å². The Morgan fingerprint density at radius 2 is 1.09 bits per heavy atom. The Bertz CT molecular complexity index is 4270. The monoisotopic (exact) mass is 1280 g/mol. The summed E-state index contributed by atoms with van der Waals surface area (Å²) >= 11 is 2.93. The number of ether oxygens (including phenoxy) is 3. The number of aromatic nitrogens is 8. The average molecular weight is 1280 g/mol. The van der Waals surface area contributed by atoms with Crippen LogP contribution in [0.1, 0.15) is 82.2 Å². The van der Waals surface area contributed by atoms with Crippen molar-refractivity contribution in [2.45, 2.75) is 47.0 Å². The van der Waals surface area contributed by atoms with Crippen LogP contribution in [0, 0.1) is 25.5 Å². The molecule has 0 atom stereocenters. The van der Waals surface area contributed by atoms with E-state index in [1.807, 2.05) is 102 Å². The highest BCUT2D eigenvalue weighted by molar-refractivity contribution is 7.14. The molecule has 5 N–H and O–H groups in total. The topological polar surface area (TPSA) is 274 Å². The number of likely N-dealkylation sites (N-methyl/N-ethyl adjacent to an activating group) is 2. The number of esters is 1. The molecule has 8 aromatic heterocycles. The molecule has 472 valence electrons. The molecular weight excluding hydrogens is 1220 g/mol. The summed E-state index contributed by atoms with van der Waals surface area (Å²) in [7, 11) is 7.37. The number of aryl methyl sites for hydroxylation is 4. The summed E-state index contributed by atoms with van der Waals surface area (Å²) in [6.45, 7) is 9.11. The number of hydrogen-bond acceptors (Lipinski definition) is 21. The van der Waals surface area contributed by atoms with Gasteiger partial charge in [0.05, 0.1) is 43.7 Å². The van der Waals surface area contributed by atoms with Crippen molar-refractivity contribution >= 4 is 81.1 Å². The zero-order chi connectivity index (χ0) is 65.4. The molecule has 0 spiro atoms. The van der Waals surface area contributed by atoms with Crippen LogP contribution in [0.4, 0.5) is 43.4 Å². The summed E-state index contributed by atoms with van der Waals surface area (Å²) in [5.74, 6) is -1.61. The number of benzene rings is 2. The van der Waals surface area contributed by atoms with Crippen molar-refractivity contribution < 1.29 is 47.3 Å². The number of amides is 2. The van der Waals surface area contributed by atoms with E-state index >= 15 is 0 Å². The zero-order valence-corrected chi connectivity index (χ0v) is 53.0. The Morgan fingerprint density at radius 3 is 1.57 bits per heavy atom. The van der Waals surface area contributed by atoms with E-state index in [9.17, 15) is 33.1 Å². The number of carboxylic acids is 1. The number of carbonyl (C=O) groups excluding carboxylic acids is 3. The number of rotatable bonds is 24. The number of halogens is 2. The van der Waals surface area contributed by atoms with Gasteiger partial charge in [-0.25, -0.2) is 48.3 Å². The third kappa shape index (κ3) is 18.1. The van der Waals surface area contributed by atoms with Gasteiger partial charge in [0.1, 0.15) is 64.4 Å². The first-order valence-electron chi connectivity index (χ1n) is 28.8. The summed E-state index contributed by atoms with van der Waals surface area (Å²) < 4.78 is 46.2. The smallest absolute Gasteiger partial charge is 0.338 e. The molecule has 8 heterocycles. The standard InChI is InChI=1S/2C33H32FN7O4S/c1-5-29-40-30(25-8-6-7-19(2)37-25)33(46-29)45-22-11-13-35-28(17-22)39-27-10-9-20(18-36-27)31(42)38-26-16-21(34)15-24(32(43)44)23(26)12-14-41(3)4;1-5-29-40-30(26-8-6-7-20(2)37-26)33(46-29)45-25-11-12-35-28(18-25)39-27-10-9-21(19-36-27)31(42)38-24-16-22(15-23(34)17-24)32(43)44-14-13-41(3)4/h6-11,13,15-18H,5,12,14H2,1-4H3,(H,38,42)(H,43,44)(H,35,36,39);6-12,15-19H,5,13-14H2,1-4H3,(H,38,42)(H,35,36,39). The van der Waals surface area contributed by atoms with Gasteiger partial charge in [0.15, 0.2) is 0 Å². The Kier molecular flexibility index (Phi) is 22.0. The van der Waals surface area contributed by atoms with Gasteiger partial charge in [0.2, 0.25) is 10.1 Å². The highest BCUT2D eigenvalue weighted by atomic mass is 32.1. The molecule has 2 aromatic carbocycles. The highest BCUT2D eigenvalue weighted by Gasteiger charge is 2.22. The minimum atomic E-state index is -1.27. The van der Waals surface area contributed by atoms with Gasteiger partial charge in [-0.3, -0.25) is 19.6 Å². The second-order valence-corrected chi connectivity index (χ2v) is 23.1. The molecule has 10 aromatic rings. The second-order valence-electron chi connectivity index (χ2n) is 21.0. The number of nitrogens with one attached hydrogen (secondary N) is 4. The number of carboxylic acid groups (broad SMARTS) is 1. The molecule has 0 aliphatic rings. The number of hydrogen-bond donors (Lipinski definition) is 5. The maximum atomic E-state index is 14.3. The molecule has 22 nitrogen and oxygen atoms in total. The number of pyridine rings is 6. The lowest BCUT2D eigenvalue weighted by Crippen LogP contribution is -2.20. The van der Waals surface area contributed by atoms with Crippen LogP contribution in [0.3, 0.4) is 0 Å². The number of nitrogens with zero attached hydrogens (tertiary/aromatic N) is 10. The van der Waals surface area contributed by atoms with Crippen molar-refractivity contribution in [2.75, 3.05) is 69.2 Å². The molecule has 26 heteroatoms. The van der Waals surface area contributed by atoms with Crippen LogP contribution in [-0.2, 0) is 24.0 Å². The van der Waals surface area contributed by atoms with E-state index in [0.29, 0.717) is 81.4 Å². The van der Waals surface area contributed by atoms with E-state index in [1.165, 1.54) is 41.1 Å². The van der Waals surface area contributed by atoms with Crippen molar-refractivity contribution in [2.24, 2.45) is 0 Å². The highest BCUT2D eigenvalue weighted by Crippen LogP contribution is 2.40. The number of anilines is 6. The van der Waals surface area contributed by atoms with Gasteiger partial charge in [0, 0.05) is 72.8 Å². The fourth-order valence-corrected chi connectivity index (χ4v) is 10.5. The van der Waals surface area contributed by atoms with Crippen molar-refractivity contribution in [3.05, 3.63) is 201 Å². The van der Waals surface area contributed by atoms with E-state index in [1.54, 1.807) is 60.9 Å². The first-order chi connectivity index (χ1) is 44.2. The molecule has 0 bridgehead atoms. The molecule has 10 rings (SSSR count). The van der Waals surface area contributed by atoms with Gasteiger partial charge in [-0.05, 0) is 158 Å². The summed E-state index contributed by atoms with van der Waals surface area (Å²) in [6.07, 6.45) is 7.78. The van der Waals surface area contributed by atoms with Gasteiger partial charge in [-0.15, -0.1) is 0 Å². The molecule has 0 aliphatic carbocycles. The van der Waals surface area contributed by atoms with Crippen LogP contribution in [-0.4, -0.2) is 126 Å². The lowest BCUT2D eigenvalue weighted by Gasteiger charge is -2.16. The van der Waals surface area contributed by atoms with E-state index in [0.717, 1.165) is 69.9 Å². The normalized spacial score (nSPS) is 11.0. The van der Waals surface area contributed by atoms with Crippen LogP contribution in [0.2, 0.25) is 0 Å². The summed E-state index contributed by atoms with van der Waals surface area (Å²) in [5.41, 5.74) is 5.37. The number of aromatic carboxylic acids is 1. The van der Waals surface area contributed by atoms with Gasteiger partial charge in [0.25, 0.3) is 11.8 Å². The summed E-state index contributed by atoms with van der Waals surface area (Å²) in [4.78, 5) is 89.8. The zero-order valence-electron chi connectivity index (χ0n) is 51.4. The Labute approximate surface area is 536 Å². The van der Waals surface area contributed by atoms with Crippen LogP contribution in [0.5, 0.6) is 21.6 Å². The largest absolute Gasteiger partial charge is 0.478 e. The predicted octanol–water partition coefficient (Wildman–Crippen LogP) is 13.1. The van der Waals surface area contributed by atoms with Crippen molar-refractivity contribution in [3.8, 4) is 44.4 Å². The molecule has 0 aliphatic heterocycles. The second kappa shape index (κ2) is 30.8. The third-order valence-corrected chi connectivity index (χ3v) is 15.4. The van der Waals surface area contributed by atoms with Crippen LogP contribution in [0.25, 0.3) is 22.8 Å². The molecule has 0 saturated heterocycles. The van der Waals surface area contributed by atoms with Gasteiger partial charge in [-0.1, -0.05) is 48.7 Å². The lowest BCUT2D eigenvalue weighted by molar-refractivity contribution is 0.0480. The Balaban J connectivity index is 0.000000217. The molecule has 0 saturated carbocycles. The van der Waals surface area contributed by atoms with E-state index in [4.69, 9.17) is 24.2 Å². The first kappa shape index (κ1) is 65.9. The van der Waals surface area contributed by atoms with Crippen LogP contribution >= 0.6 is 22.7 Å². The number of carbonyl (C=O) groups is 4. The van der Waals surface area contributed by atoms with E-state index < -0.39 is 35.4 Å². The van der Waals surface area contributed by atoms with Crippen molar-refractivity contribution in [1.82, 2.24) is 49.7 Å². The third-order valence-electron chi connectivity index (χ3n) is 13.3. The van der Waals surface area contributed by atoms with Crippen molar-refractivity contribution in [1.29, 1.82) is 0 Å². The molecule has 0 radical (unpaired) electrons. The van der Waals surface area contributed by atoms with E-state index in [-0.39, 0.29) is 40.2 Å². The quantitative estimate of drug-likeness (QED) is 0.0352. The maximum Gasteiger partial charge on any atom is 0.338 e. The Hall–Kier alpha value is -10.5. The first-order valence-corrected chi connectivity index (χ1v) is 30.5. The Morgan fingerprint density at radius 1 is 0.565 bits per heavy atom. The van der Waals surface area contributed by atoms with Gasteiger partial charge >= 0.3 is 11.9 Å². The molecule has 2 amide bonds. The average Bonchev–Trinajstić information content (AvgIpc) is 1.86. The molecule has 0 unspecified atom stereocenters. The summed E-state index contributed by atoms with van der Waals surface area (Å²) in [5, 5.41) is 24.2. The minimum Gasteiger partial charge on any atom is -0.478 e. The molecule has 0 fully saturated rings. The van der Waals surface area contributed by atoms with Crippen LogP contribution < -0.4 is 30.7 Å². The predicted molar refractivity (Wildman–Crippen MR) is 349 cm³/mol. The molecular formula is C66H64F2N14O8S2. The molecule has 92 heavy (non-hydrogen) atoms. The summed E-state index contributed by atoms with van der Waals surface area (Å²) in [6, 6.07) is 30.4. The van der Waals surface area contributed by atoms with Gasteiger partial charge in [-0.2, -0.15) is 0 Å². The lowest BCUT2D eigenvalue weighted by atomic mass is 10.0. The fraction of sp³-hybridized carbons (Fsp3) is 0.212. The SMILES string of the molecule is CCc1nc(-c2cccc(C)n2)c(Oc2ccnc(Nc3ccc(C(=O)Nc4cc(F)cc(C(=O)O)c4CCN(C)C)cn3)c2)s1.CCc1nc(-c2cccc(C)n2)c(Oc2ccnc(Nc3ccc(C(=O)Nc4cc(F)cc(C(=O)OCCN(C)C)c4)cn3)c2)s1. The maximum absolute atomic E-state index is 14.3. The van der Waals surface area contributed by atoms with E-state index in [2.05, 4.69) is 51.2 Å². The van der Waals surface area contributed by atoms with Gasteiger partial charge < -0.3 is 50.4 Å². The number of thiazole rings is 2. The fourth-order valence-electron chi connectivity index (χ4n) is 8.70. The van der Waals surface area contributed by atoms with Crippen molar-refractivity contribution in [3.63, 3.8) is 0 Å². The minimum absolute atomic E-state index is 0.00496.